The second kappa shape index (κ2) is 8.12. The van der Waals surface area contributed by atoms with Crippen LogP contribution in [-0.4, -0.2) is 20.9 Å². The second-order valence-electron chi connectivity index (χ2n) is 6.83. The Morgan fingerprint density at radius 1 is 0.867 bits per heavy atom. The summed E-state index contributed by atoms with van der Waals surface area (Å²) in [5, 5.41) is 5.70. The Morgan fingerprint density at radius 2 is 1.53 bits per heavy atom. The third-order valence-corrected chi connectivity index (χ3v) is 6.67. The van der Waals surface area contributed by atoms with Crippen LogP contribution in [0, 0.1) is 5.82 Å². The number of rotatable bonds is 6. The van der Waals surface area contributed by atoms with E-state index >= 15 is 0 Å². The second-order valence-corrected chi connectivity index (χ2v) is 8.68. The van der Waals surface area contributed by atoms with Gasteiger partial charge in [0.2, 0.25) is 9.84 Å². The van der Waals surface area contributed by atoms with Crippen LogP contribution in [0.4, 0.5) is 10.1 Å². The molecule has 1 amide bonds. The van der Waals surface area contributed by atoms with Crippen molar-refractivity contribution >= 4 is 27.1 Å². The first kappa shape index (κ1) is 19.8. The molecule has 0 saturated heterocycles. The monoisotopic (exact) mass is 422 g/mol. The average molecular weight is 422 g/mol. The smallest absolute Gasteiger partial charge is 0.269 e. The Labute approximate surface area is 174 Å². The van der Waals surface area contributed by atoms with Gasteiger partial charge in [0.05, 0.1) is 10.6 Å². The number of benzene rings is 3. The summed E-state index contributed by atoms with van der Waals surface area (Å²) in [5.41, 5.74) is 2.15. The molecule has 1 aliphatic rings. The van der Waals surface area contributed by atoms with E-state index in [4.69, 9.17) is 0 Å². The molecule has 3 aromatic carbocycles. The summed E-state index contributed by atoms with van der Waals surface area (Å²) in [5.74, 6) is -1.21. The van der Waals surface area contributed by atoms with Crippen LogP contribution in [0.25, 0.3) is 5.70 Å². The molecule has 3 aromatic rings. The number of hydrogen-bond acceptors (Lipinski definition) is 4. The molecule has 1 aliphatic heterocycles. The lowest BCUT2D eigenvalue weighted by molar-refractivity contribution is -0.112. The molecule has 1 heterocycles. The highest BCUT2D eigenvalue weighted by Crippen LogP contribution is 2.38. The fourth-order valence-corrected chi connectivity index (χ4v) is 5.07. The SMILES string of the molecule is O=C(Nc1ccc(F)cc1)C1=C(NCCc2ccccc2)c2ccccc2S1(=O)=O. The van der Waals surface area contributed by atoms with Crippen LogP contribution in [0.2, 0.25) is 0 Å². The molecule has 0 radical (unpaired) electrons. The molecule has 0 bridgehead atoms. The highest BCUT2D eigenvalue weighted by Gasteiger charge is 2.39. The summed E-state index contributed by atoms with van der Waals surface area (Å²) in [4.78, 5) is 12.7. The molecule has 0 spiro atoms. The van der Waals surface area contributed by atoms with E-state index in [1.165, 1.54) is 30.3 Å². The van der Waals surface area contributed by atoms with E-state index < -0.39 is 21.6 Å². The maximum atomic E-state index is 13.1. The number of amides is 1. The quantitative estimate of drug-likeness (QED) is 0.634. The van der Waals surface area contributed by atoms with Gasteiger partial charge in [0.25, 0.3) is 5.91 Å². The molecule has 7 heteroatoms. The van der Waals surface area contributed by atoms with Gasteiger partial charge in [-0.1, -0.05) is 48.5 Å². The van der Waals surface area contributed by atoms with Gasteiger partial charge in [-0.15, -0.1) is 0 Å². The third-order valence-electron chi connectivity index (χ3n) is 4.81. The van der Waals surface area contributed by atoms with E-state index in [9.17, 15) is 17.6 Å². The number of halogens is 1. The molecule has 0 atom stereocenters. The number of sulfone groups is 1. The first-order chi connectivity index (χ1) is 14.5. The van der Waals surface area contributed by atoms with Crippen molar-refractivity contribution in [3.05, 3.63) is 101 Å². The van der Waals surface area contributed by atoms with Crippen molar-refractivity contribution in [2.24, 2.45) is 0 Å². The fourth-order valence-electron chi connectivity index (χ4n) is 3.38. The van der Waals surface area contributed by atoms with E-state index in [1.807, 2.05) is 30.3 Å². The molecule has 30 heavy (non-hydrogen) atoms. The largest absolute Gasteiger partial charge is 0.383 e. The summed E-state index contributed by atoms with van der Waals surface area (Å²) in [6, 6.07) is 21.4. The topological polar surface area (TPSA) is 75.3 Å². The Kier molecular flexibility index (Phi) is 5.37. The van der Waals surface area contributed by atoms with E-state index in [2.05, 4.69) is 10.6 Å². The summed E-state index contributed by atoms with van der Waals surface area (Å²) in [7, 11) is -3.99. The summed E-state index contributed by atoms with van der Waals surface area (Å²) in [6.45, 7) is 0.455. The molecule has 4 rings (SSSR count). The Morgan fingerprint density at radius 3 is 2.27 bits per heavy atom. The van der Waals surface area contributed by atoms with Crippen molar-refractivity contribution in [2.45, 2.75) is 11.3 Å². The number of carbonyl (C=O) groups is 1. The first-order valence-corrected chi connectivity index (χ1v) is 10.9. The highest BCUT2D eigenvalue weighted by molar-refractivity contribution is 7.97. The van der Waals surface area contributed by atoms with Crippen LogP contribution in [0.1, 0.15) is 11.1 Å². The molecule has 152 valence electrons. The van der Waals surface area contributed by atoms with Gasteiger partial charge in [0.15, 0.2) is 4.91 Å². The fraction of sp³-hybridized carbons (Fsp3) is 0.0870. The van der Waals surface area contributed by atoms with E-state index in [0.29, 0.717) is 24.2 Å². The Hall–Kier alpha value is -3.45. The van der Waals surface area contributed by atoms with Gasteiger partial charge in [-0.3, -0.25) is 4.79 Å². The van der Waals surface area contributed by atoms with Gasteiger partial charge in [-0.05, 0) is 42.3 Å². The molecule has 0 aliphatic carbocycles. The number of nitrogens with one attached hydrogen (secondary N) is 2. The van der Waals surface area contributed by atoms with Crippen molar-refractivity contribution in [3.8, 4) is 0 Å². The first-order valence-electron chi connectivity index (χ1n) is 9.40. The lowest BCUT2D eigenvalue weighted by Crippen LogP contribution is -2.23. The van der Waals surface area contributed by atoms with Crippen LogP contribution in [0.3, 0.4) is 0 Å². The van der Waals surface area contributed by atoms with Crippen molar-refractivity contribution in [3.63, 3.8) is 0 Å². The molecule has 2 N–H and O–H groups in total. The van der Waals surface area contributed by atoms with E-state index in [-0.39, 0.29) is 15.5 Å². The van der Waals surface area contributed by atoms with Crippen molar-refractivity contribution in [1.82, 2.24) is 5.32 Å². The minimum Gasteiger partial charge on any atom is -0.383 e. The minimum absolute atomic E-state index is 0.0940. The maximum Gasteiger partial charge on any atom is 0.269 e. The third kappa shape index (κ3) is 3.84. The number of hydrogen-bond donors (Lipinski definition) is 2. The predicted octanol–water partition coefficient (Wildman–Crippen LogP) is 3.75. The standard InChI is InChI=1S/C23H19FN2O3S/c24-17-10-12-18(13-11-17)26-23(27)22-21(25-15-14-16-6-2-1-3-7-16)19-8-4-5-9-20(19)30(22,28)29/h1-13,25H,14-15H2,(H,26,27). The van der Waals surface area contributed by atoms with Gasteiger partial charge in [-0.25, -0.2) is 12.8 Å². The van der Waals surface area contributed by atoms with Gasteiger partial charge in [0, 0.05) is 17.8 Å². The van der Waals surface area contributed by atoms with Crippen LogP contribution >= 0.6 is 0 Å². The lowest BCUT2D eigenvalue weighted by Gasteiger charge is -2.11. The lowest BCUT2D eigenvalue weighted by atomic mass is 10.1. The summed E-state index contributed by atoms with van der Waals surface area (Å²) >= 11 is 0. The zero-order valence-corrected chi connectivity index (χ0v) is 16.7. The summed E-state index contributed by atoms with van der Waals surface area (Å²) in [6.07, 6.45) is 0.666. The highest BCUT2D eigenvalue weighted by atomic mass is 32.2. The van der Waals surface area contributed by atoms with Gasteiger partial charge < -0.3 is 10.6 Å². The molecular weight excluding hydrogens is 403 g/mol. The van der Waals surface area contributed by atoms with E-state index in [1.54, 1.807) is 18.2 Å². The zero-order valence-electron chi connectivity index (χ0n) is 15.9. The van der Waals surface area contributed by atoms with Crippen molar-refractivity contribution in [2.75, 3.05) is 11.9 Å². The summed E-state index contributed by atoms with van der Waals surface area (Å²) < 4.78 is 39.3. The number of carbonyl (C=O) groups excluding carboxylic acids is 1. The number of anilines is 1. The molecule has 0 saturated carbocycles. The normalized spacial score (nSPS) is 14.3. The van der Waals surface area contributed by atoms with Crippen LogP contribution in [0.15, 0.2) is 88.7 Å². The van der Waals surface area contributed by atoms with Gasteiger partial charge >= 0.3 is 0 Å². The van der Waals surface area contributed by atoms with Gasteiger partial charge in [0.1, 0.15) is 5.82 Å². The van der Waals surface area contributed by atoms with Crippen LogP contribution in [-0.2, 0) is 21.1 Å². The van der Waals surface area contributed by atoms with E-state index in [0.717, 1.165) is 5.56 Å². The van der Waals surface area contributed by atoms with Crippen molar-refractivity contribution in [1.29, 1.82) is 0 Å². The molecule has 5 nitrogen and oxygen atoms in total. The molecule has 0 aromatic heterocycles. The molecular formula is C23H19FN2O3S. The maximum absolute atomic E-state index is 13.1. The van der Waals surface area contributed by atoms with Crippen molar-refractivity contribution < 1.29 is 17.6 Å². The average Bonchev–Trinajstić information content (AvgIpc) is 2.97. The Balaban J connectivity index is 1.66. The Bertz CT molecular complexity index is 1220. The number of fused-ring (bicyclic) bond motifs is 1. The van der Waals surface area contributed by atoms with Gasteiger partial charge in [-0.2, -0.15) is 0 Å². The zero-order chi connectivity index (χ0) is 21.1. The van der Waals surface area contributed by atoms with Crippen LogP contribution < -0.4 is 10.6 Å². The van der Waals surface area contributed by atoms with Crippen LogP contribution in [0.5, 0.6) is 0 Å². The molecule has 0 unspecified atom stereocenters. The molecule has 0 fully saturated rings. The predicted molar refractivity (Wildman–Crippen MR) is 114 cm³/mol. The minimum atomic E-state index is -3.99.